The standard InChI is InChI=1S/C10H11NO2S/c1-5-6-3-2-4-7(6)8(10(12)13)9(14)11-5/h2-4H2,1H3,(H,11,14)(H,12,13). The van der Waals surface area contributed by atoms with Crippen molar-refractivity contribution in [1.29, 1.82) is 0 Å². The van der Waals surface area contributed by atoms with E-state index in [4.69, 9.17) is 17.3 Å². The molecule has 14 heavy (non-hydrogen) atoms. The second-order valence-electron chi connectivity index (χ2n) is 3.57. The van der Waals surface area contributed by atoms with Crippen molar-refractivity contribution in [2.45, 2.75) is 26.2 Å². The number of hydrogen-bond acceptors (Lipinski definition) is 2. The van der Waals surface area contributed by atoms with Gasteiger partial charge in [-0.25, -0.2) is 4.79 Å². The molecule has 2 N–H and O–H groups in total. The van der Waals surface area contributed by atoms with Gasteiger partial charge in [0, 0.05) is 5.69 Å². The molecule has 0 bridgehead atoms. The first-order valence-corrected chi connectivity index (χ1v) is 5.00. The highest BCUT2D eigenvalue weighted by Crippen LogP contribution is 2.27. The van der Waals surface area contributed by atoms with Crippen molar-refractivity contribution < 1.29 is 9.90 Å². The Morgan fingerprint density at radius 3 is 2.71 bits per heavy atom. The molecule has 0 spiro atoms. The van der Waals surface area contributed by atoms with Gasteiger partial charge < -0.3 is 10.1 Å². The normalized spacial score (nSPS) is 14.1. The fraction of sp³-hybridized carbons (Fsp3) is 0.400. The van der Waals surface area contributed by atoms with E-state index in [9.17, 15) is 4.79 Å². The highest BCUT2D eigenvalue weighted by atomic mass is 32.1. The summed E-state index contributed by atoms with van der Waals surface area (Å²) in [5.41, 5.74) is 3.42. The topological polar surface area (TPSA) is 53.1 Å². The number of fused-ring (bicyclic) bond motifs is 1. The van der Waals surface area contributed by atoms with Gasteiger partial charge in [0.2, 0.25) is 0 Å². The maximum absolute atomic E-state index is 11.0. The smallest absolute Gasteiger partial charge is 0.339 e. The molecule has 0 atom stereocenters. The number of aromatic amines is 1. The quantitative estimate of drug-likeness (QED) is 0.697. The summed E-state index contributed by atoms with van der Waals surface area (Å²) in [5.74, 6) is -0.913. The van der Waals surface area contributed by atoms with Crippen molar-refractivity contribution in [1.82, 2.24) is 4.98 Å². The number of carboxylic acids is 1. The molecule has 0 fully saturated rings. The van der Waals surface area contributed by atoms with Gasteiger partial charge >= 0.3 is 5.97 Å². The summed E-state index contributed by atoms with van der Waals surface area (Å²) in [7, 11) is 0. The van der Waals surface area contributed by atoms with Crippen LogP contribution in [-0.2, 0) is 12.8 Å². The van der Waals surface area contributed by atoms with Gasteiger partial charge in [0.15, 0.2) is 0 Å². The van der Waals surface area contributed by atoms with Crippen molar-refractivity contribution in [3.05, 3.63) is 27.0 Å². The Morgan fingerprint density at radius 1 is 1.43 bits per heavy atom. The van der Waals surface area contributed by atoms with E-state index in [1.54, 1.807) is 0 Å². The van der Waals surface area contributed by atoms with Crippen LogP contribution in [0.2, 0.25) is 0 Å². The molecule has 0 saturated heterocycles. The number of hydrogen-bond donors (Lipinski definition) is 2. The number of carbonyl (C=O) groups is 1. The SMILES string of the molecule is Cc1[nH]c(=S)c(C(=O)O)c2c1CCC2. The van der Waals surface area contributed by atoms with Crippen molar-refractivity contribution in [3.63, 3.8) is 0 Å². The maximum atomic E-state index is 11.0. The third-order valence-corrected chi connectivity index (χ3v) is 3.02. The molecule has 1 aromatic heterocycles. The summed E-state index contributed by atoms with van der Waals surface area (Å²) in [6, 6.07) is 0. The van der Waals surface area contributed by atoms with Crippen LogP contribution in [0.4, 0.5) is 0 Å². The lowest BCUT2D eigenvalue weighted by Gasteiger charge is -2.07. The van der Waals surface area contributed by atoms with Crippen LogP contribution in [-0.4, -0.2) is 16.1 Å². The van der Waals surface area contributed by atoms with Crippen molar-refractivity contribution in [3.8, 4) is 0 Å². The summed E-state index contributed by atoms with van der Waals surface area (Å²) in [4.78, 5) is 14.0. The fourth-order valence-corrected chi connectivity index (χ4v) is 2.47. The molecule has 0 radical (unpaired) electrons. The molecule has 0 unspecified atom stereocenters. The van der Waals surface area contributed by atoms with Gasteiger partial charge in [0.05, 0.1) is 5.56 Å². The third-order valence-electron chi connectivity index (χ3n) is 2.71. The van der Waals surface area contributed by atoms with Crippen LogP contribution in [0.1, 0.15) is 33.6 Å². The average Bonchev–Trinajstić information content (AvgIpc) is 2.51. The monoisotopic (exact) mass is 209 g/mol. The highest BCUT2D eigenvalue weighted by molar-refractivity contribution is 7.71. The van der Waals surface area contributed by atoms with Crippen molar-refractivity contribution in [2.24, 2.45) is 0 Å². The van der Waals surface area contributed by atoms with Gasteiger partial charge in [-0.3, -0.25) is 0 Å². The number of aromatic carboxylic acids is 1. The predicted octanol–water partition coefficient (Wildman–Crippen LogP) is 2.24. The molecule has 0 saturated carbocycles. The minimum atomic E-state index is -0.913. The molecule has 3 nitrogen and oxygen atoms in total. The van der Waals surface area contributed by atoms with Crippen LogP contribution < -0.4 is 0 Å². The van der Waals surface area contributed by atoms with Gasteiger partial charge in [0.1, 0.15) is 4.64 Å². The van der Waals surface area contributed by atoms with Gasteiger partial charge in [-0.1, -0.05) is 12.2 Å². The molecular weight excluding hydrogens is 198 g/mol. The molecular formula is C10H11NO2S. The first kappa shape index (κ1) is 9.40. The van der Waals surface area contributed by atoms with E-state index in [1.807, 2.05) is 6.92 Å². The fourth-order valence-electron chi connectivity index (χ4n) is 2.10. The van der Waals surface area contributed by atoms with Gasteiger partial charge in [-0.05, 0) is 37.3 Å². The Morgan fingerprint density at radius 2 is 2.07 bits per heavy atom. The predicted molar refractivity (Wildman–Crippen MR) is 55.3 cm³/mol. The van der Waals surface area contributed by atoms with E-state index >= 15 is 0 Å². The number of H-pyrrole nitrogens is 1. The number of pyridine rings is 1. The minimum absolute atomic E-state index is 0.304. The summed E-state index contributed by atoms with van der Waals surface area (Å²) < 4.78 is 0.357. The van der Waals surface area contributed by atoms with Gasteiger partial charge in [-0.2, -0.15) is 0 Å². The zero-order valence-corrected chi connectivity index (χ0v) is 8.70. The van der Waals surface area contributed by atoms with Crippen LogP contribution in [0, 0.1) is 11.6 Å². The number of aromatic nitrogens is 1. The lowest BCUT2D eigenvalue weighted by Crippen LogP contribution is -2.06. The largest absolute Gasteiger partial charge is 0.478 e. The van der Waals surface area contributed by atoms with Crippen LogP contribution in [0.25, 0.3) is 0 Å². The molecule has 0 aliphatic heterocycles. The summed E-state index contributed by atoms with van der Waals surface area (Å²) in [6.07, 6.45) is 2.84. The molecule has 0 amide bonds. The number of carboxylic acid groups (broad SMARTS) is 1. The zero-order valence-electron chi connectivity index (χ0n) is 7.89. The van der Waals surface area contributed by atoms with Crippen LogP contribution in [0.5, 0.6) is 0 Å². The van der Waals surface area contributed by atoms with E-state index in [0.717, 1.165) is 36.1 Å². The average molecular weight is 209 g/mol. The van der Waals surface area contributed by atoms with Crippen LogP contribution in [0.3, 0.4) is 0 Å². The molecule has 4 heteroatoms. The van der Waals surface area contributed by atoms with Gasteiger partial charge in [-0.15, -0.1) is 0 Å². The number of aryl methyl sites for hydroxylation is 1. The summed E-state index contributed by atoms with van der Waals surface area (Å²) in [5, 5.41) is 9.03. The Balaban J connectivity index is 2.78. The molecule has 1 aromatic rings. The number of rotatable bonds is 1. The summed E-state index contributed by atoms with van der Waals surface area (Å²) >= 11 is 5.02. The zero-order chi connectivity index (χ0) is 10.3. The molecule has 74 valence electrons. The lowest BCUT2D eigenvalue weighted by molar-refractivity contribution is 0.0694. The number of nitrogens with one attached hydrogen (secondary N) is 1. The summed E-state index contributed by atoms with van der Waals surface area (Å²) in [6.45, 7) is 1.95. The first-order valence-electron chi connectivity index (χ1n) is 4.59. The first-order chi connectivity index (χ1) is 6.61. The van der Waals surface area contributed by atoms with Crippen molar-refractivity contribution in [2.75, 3.05) is 0 Å². The van der Waals surface area contributed by atoms with E-state index in [-0.39, 0.29) is 0 Å². The molecule has 2 rings (SSSR count). The third kappa shape index (κ3) is 1.26. The molecule has 1 aliphatic rings. The van der Waals surface area contributed by atoms with Crippen LogP contribution >= 0.6 is 12.2 Å². The Kier molecular flexibility index (Phi) is 2.15. The van der Waals surface area contributed by atoms with Crippen molar-refractivity contribution >= 4 is 18.2 Å². The highest BCUT2D eigenvalue weighted by Gasteiger charge is 2.22. The maximum Gasteiger partial charge on any atom is 0.339 e. The minimum Gasteiger partial charge on any atom is -0.478 e. The molecule has 0 aromatic carbocycles. The van der Waals surface area contributed by atoms with E-state index in [0.29, 0.717) is 10.2 Å². The Hall–Kier alpha value is -1.16. The molecule has 1 aliphatic carbocycles. The Bertz CT molecular complexity index is 462. The lowest BCUT2D eigenvalue weighted by atomic mass is 10.0. The second-order valence-corrected chi connectivity index (χ2v) is 3.98. The van der Waals surface area contributed by atoms with E-state index < -0.39 is 5.97 Å². The molecule has 1 heterocycles. The van der Waals surface area contributed by atoms with Crippen LogP contribution in [0.15, 0.2) is 0 Å². The van der Waals surface area contributed by atoms with E-state index in [1.165, 1.54) is 0 Å². The Labute approximate surface area is 86.8 Å². The van der Waals surface area contributed by atoms with Gasteiger partial charge in [0.25, 0.3) is 0 Å². The van der Waals surface area contributed by atoms with E-state index in [2.05, 4.69) is 4.98 Å². The second kappa shape index (κ2) is 3.20.